The summed E-state index contributed by atoms with van der Waals surface area (Å²) < 4.78 is 13.8. The summed E-state index contributed by atoms with van der Waals surface area (Å²) in [6.45, 7) is 2.69. The molecule has 4 heteroatoms. The van der Waals surface area contributed by atoms with Crippen LogP contribution in [0.15, 0.2) is 46.9 Å². The van der Waals surface area contributed by atoms with Crippen molar-refractivity contribution in [2.24, 2.45) is 0 Å². The second kappa shape index (κ2) is 5.85. The second-order valence-electron chi connectivity index (χ2n) is 3.99. The lowest BCUT2D eigenvalue weighted by Crippen LogP contribution is -2.17. The van der Waals surface area contributed by atoms with Gasteiger partial charge in [-0.2, -0.15) is 5.26 Å². The van der Waals surface area contributed by atoms with Crippen molar-refractivity contribution in [3.05, 3.63) is 58.3 Å². The van der Waals surface area contributed by atoms with Crippen LogP contribution in [-0.2, 0) is 0 Å². The number of halogens is 2. The Kier molecular flexibility index (Phi) is 4.18. The van der Waals surface area contributed by atoms with E-state index in [-0.39, 0.29) is 5.82 Å². The number of anilines is 2. The Bertz CT molecular complexity index is 617. The molecule has 0 spiro atoms. The zero-order valence-corrected chi connectivity index (χ0v) is 12.0. The number of rotatable bonds is 3. The fourth-order valence-electron chi connectivity index (χ4n) is 1.95. The maximum atomic E-state index is 13.0. The molecule has 0 aliphatic carbocycles. The lowest BCUT2D eigenvalue weighted by molar-refractivity contribution is 0.628. The molecule has 0 saturated carbocycles. The smallest absolute Gasteiger partial charge is 0.123 e. The fraction of sp³-hybridized carbons (Fsp3) is 0.133. The van der Waals surface area contributed by atoms with E-state index in [1.165, 1.54) is 12.1 Å². The van der Waals surface area contributed by atoms with Crippen LogP contribution in [-0.4, -0.2) is 6.54 Å². The maximum absolute atomic E-state index is 13.0. The molecule has 0 heterocycles. The summed E-state index contributed by atoms with van der Waals surface area (Å²) in [5.74, 6) is -0.267. The second-order valence-corrected chi connectivity index (χ2v) is 4.91. The van der Waals surface area contributed by atoms with Gasteiger partial charge in [0, 0.05) is 16.7 Å². The molecule has 0 bridgehead atoms. The average Bonchev–Trinajstić information content (AvgIpc) is 2.43. The molecule has 2 aromatic carbocycles. The minimum atomic E-state index is -0.267. The van der Waals surface area contributed by atoms with E-state index in [2.05, 4.69) is 22.0 Å². The van der Waals surface area contributed by atoms with Gasteiger partial charge in [0.1, 0.15) is 11.9 Å². The van der Waals surface area contributed by atoms with Gasteiger partial charge in [0.05, 0.1) is 11.3 Å². The Morgan fingerprint density at radius 3 is 2.47 bits per heavy atom. The molecule has 0 unspecified atom stereocenters. The first-order valence-corrected chi connectivity index (χ1v) is 6.67. The summed E-state index contributed by atoms with van der Waals surface area (Å²) in [6.07, 6.45) is 0. The monoisotopic (exact) mass is 318 g/mol. The van der Waals surface area contributed by atoms with Crippen LogP contribution in [0.25, 0.3) is 0 Å². The van der Waals surface area contributed by atoms with E-state index < -0.39 is 0 Å². The summed E-state index contributed by atoms with van der Waals surface area (Å²) >= 11 is 3.35. The third-order valence-electron chi connectivity index (χ3n) is 2.82. The van der Waals surface area contributed by atoms with Gasteiger partial charge in [-0.3, -0.25) is 0 Å². The molecule has 96 valence electrons. The summed E-state index contributed by atoms with van der Waals surface area (Å²) in [6, 6.07) is 14.0. The standard InChI is InChI=1S/C15H12BrFN2/c1-2-19(14-6-4-13(17)5-7-14)15-8-3-12(16)9-11(15)10-18/h3-9H,2H2,1H3. The third kappa shape index (κ3) is 2.94. The zero-order valence-electron chi connectivity index (χ0n) is 10.4. The molecule has 0 amide bonds. The summed E-state index contributed by atoms with van der Waals surface area (Å²) in [5.41, 5.74) is 2.27. The molecule has 0 fully saturated rings. The van der Waals surface area contributed by atoms with Crippen molar-refractivity contribution in [3.8, 4) is 6.07 Å². The van der Waals surface area contributed by atoms with Crippen LogP contribution in [0.3, 0.4) is 0 Å². The van der Waals surface area contributed by atoms with Crippen LogP contribution in [0.2, 0.25) is 0 Å². The molecule has 0 radical (unpaired) electrons. The van der Waals surface area contributed by atoms with E-state index in [0.29, 0.717) is 12.1 Å². The van der Waals surface area contributed by atoms with Gasteiger partial charge in [0.15, 0.2) is 0 Å². The van der Waals surface area contributed by atoms with E-state index in [4.69, 9.17) is 0 Å². The van der Waals surface area contributed by atoms with Crippen LogP contribution < -0.4 is 4.90 Å². The van der Waals surface area contributed by atoms with Crippen LogP contribution in [0.5, 0.6) is 0 Å². The van der Waals surface area contributed by atoms with Gasteiger partial charge < -0.3 is 4.90 Å². The molecule has 2 rings (SSSR count). The summed E-state index contributed by atoms with van der Waals surface area (Å²) in [5, 5.41) is 9.22. The fourth-order valence-corrected chi connectivity index (χ4v) is 2.31. The lowest BCUT2D eigenvalue weighted by atomic mass is 10.1. The molecular formula is C15H12BrFN2. The number of benzene rings is 2. The van der Waals surface area contributed by atoms with Crippen LogP contribution in [0, 0.1) is 17.1 Å². The Morgan fingerprint density at radius 1 is 1.21 bits per heavy atom. The van der Waals surface area contributed by atoms with Crippen molar-refractivity contribution >= 4 is 27.3 Å². The molecule has 2 nitrogen and oxygen atoms in total. The molecule has 19 heavy (non-hydrogen) atoms. The van der Waals surface area contributed by atoms with Gasteiger partial charge in [0.2, 0.25) is 0 Å². The first kappa shape index (κ1) is 13.6. The molecule has 2 aromatic rings. The molecule has 0 aliphatic heterocycles. The van der Waals surface area contributed by atoms with Gasteiger partial charge in [-0.25, -0.2) is 4.39 Å². The van der Waals surface area contributed by atoms with Crippen LogP contribution in [0.4, 0.5) is 15.8 Å². The van der Waals surface area contributed by atoms with Gasteiger partial charge >= 0.3 is 0 Å². The highest BCUT2D eigenvalue weighted by Crippen LogP contribution is 2.30. The lowest BCUT2D eigenvalue weighted by Gasteiger charge is -2.24. The Morgan fingerprint density at radius 2 is 1.89 bits per heavy atom. The first-order valence-electron chi connectivity index (χ1n) is 5.88. The molecular weight excluding hydrogens is 307 g/mol. The predicted molar refractivity (Wildman–Crippen MR) is 77.9 cm³/mol. The number of nitriles is 1. The van der Waals surface area contributed by atoms with Crippen molar-refractivity contribution in [1.29, 1.82) is 5.26 Å². The SMILES string of the molecule is CCN(c1ccc(F)cc1)c1ccc(Br)cc1C#N. The molecule has 0 saturated heterocycles. The third-order valence-corrected chi connectivity index (χ3v) is 3.32. The Labute approximate surface area is 120 Å². The number of hydrogen-bond acceptors (Lipinski definition) is 2. The van der Waals surface area contributed by atoms with Crippen LogP contribution >= 0.6 is 15.9 Å². The predicted octanol–water partition coefficient (Wildman–Crippen LogP) is 4.62. The van der Waals surface area contributed by atoms with E-state index in [9.17, 15) is 9.65 Å². The normalized spacial score (nSPS) is 10.0. The van der Waals surface area contributed by atoms with Crippen molar-refractivity contribution in [3.63, 3.8) is 0 Å². The molecule has 0 atom stereocenters. The topological polar surface area (TPSA) is 27.0 Å². The summed E-state index contributed by atoms with van der Waals surface area (Å²) in [7, 11) is 0. The highest BCUT2D eigenvalue weighted by Gasteiger charge is 2.12. The minimum absolute atomic E-state index is 0.267. The van der Waals surface area contributed by atoms with E-state index in [1.807, 2.05) is 24.0 Å². The molecule has 0 aliphatic rings. The largest absolute Gasteiger partial charge is 0.341 e. The van der Waals surface area contributed by atoms with Crippen molar-refractivity contribution < 1.29 is 4.39 Å². The minimum Gasteiger partial charge on any atom is -0.341 e. The Hall–Kier alpha value is -1.86. The highest BCUT2D eigenvalue weighted by molar-refractivity contribution is 9.10. The average molecular weight is 319 g/mol. The maximum Gasteiger partial charge on any atom is 0.123 e. The molecule has 0 N–H and O–H groups in total. The van der Waals surface area contributed by atoms with E-state index in [0.717, 1.165) is 15.8 Å². The van der Waals surface area contributed by atoms with Gasteiger partial charge in [-0.1, -0.05) is 15.9 Å². The van der Waals surface area contributed by atoms with Gasteiger partial charge in [-0.05, 0) is 49.4 Å². The summed E-state index contributed by atoms with van der Waals surface area (Å²) in [4.78, 5) is 1.98. The molecule has 0 aromatic heterocycles. The first-order chi connectivity index (χ1) is 9.15. The highest BCUT2D eigenvalue weighted by atomic mass is 79.9. The van der Waals surface area contributed by atoms with Gasteiger partial charge in [0.25, 0.3) is 0 Å². The number of hydrogen-bond donors (Lipinski definition) is 0. The van der Waals surface area contributed by atoms with Crippen molar-refractivity contribution in [2.45, 2.75) is 6.92 Å². The van der Waals surface area contributed by atoms with Crippen molar-refractivity contribution in [1.82, 2.24) is 0 Å². The zero-order chi connectivity index (χ0) is 13.8. The van der Waals surface area contributed by atoms with Crippen molar-refractivity contribution in [2.75, 3.05) is 11.4 Å². The van der Waals surface area contributed by atoms with E-state index in [1.54, 1.807) is 18.2 Å². The quantitative estimate of drug-likeness (QED) is 0.825. The Balaban J connectivity index is 2.48. The number of nitrogens with zero attached hydrogens (tertiary/aromatic N) is 2. The van der Waals surface area contributed by atoms with Crippen LogP contribution in [0.1, 0.15) is 12.5 Å². The van der Waals surface area contributed by atoms with Gasteiger partial charge in [-0.15, -0.1) is 0 Å². The van der Waals surface area contributed by atoms with E-state index >= 15 is 0 Å².